The second-order valence-electron chi connectivity index (χ2n) is 5.53. The lowest BCUT2D eigenvalue weighted by Crippen LogP contribution is -3.11. The summed E-state index contributed by atoms with van der Waals surface area (Å²) in [4.78, 5) is 12.7. The van der Waals surface area contributed by atoms with Crippen molar-refractivity contribution in [3.8, 4) is 0 Å². The van der Waals surface area contributed by atoms with Gasteiger partial charge in [0.2, 0.25) is 5.91 Å². The molecule has 0 aromatic heterocycles. The smallest absolute Gasteiger partial charge is 0.220 e. The zero-order valence-corrected chi connectivity index (χ0v) is 11.3. The van der Waals surface area contributed by atoms with E-state index in [2.05, 4.69) is 32.0 Å². The molecule has 1 fully saturated rings. The quantitative estimate of drug-likeness (QED) is 0.806. The maximum Gasteiger partial charge on any atom is 0.220 e. The number of primary amides is 1. The third kappa shape index (κ3) is 3.10. The molecule has 1 aliphatic rings. The van der Waals surface area contributed by atoms with E-state index in [1.165, 1.54) is 16.7 Å². The number of nitrogens with one attached hydrogen (secondary N) is 1. The first kappa shape index (κ1) is 13.1. The maximum absolute atomic E-state index is 11.1. The summed E-state index contributed by atoms with van der Waals surface area (Å²) >= 11 is 0. The standard InChI is InChI=1S/C15H22N2O/c1-11-3-4-12(2)14(9-11)10-17-7-5-13(6-8-17)15(16)18/h3-4,9,13H,5-8,10H2,1-2H3,(H2,16,18)/p+1. The van der Waals surface area contributed by atoms with Gasteiger partial charge in [-0.3, -0.25) is 4.79 Å². The van der Waals surface area contributed by atoms with Crippen molar-refractivity contribution >= 4 is 5.91 Å². The fraction of sp³-hybridized carbons (Fsp3) is 0.533. The molecule has 1 amide bonds. The highest BCUT2D eigenvalue weighted by atomic mass is 16.1. The fourth-order valence-corrected chi connectivity index (χ4v) is 2.75. The number of hydrogen-bond donors (Lipinski definition) is 2. The van der Waals surface area contributed by atoms with Crippen molar-refractivity contribution in [1.82, 2.24) is 0 Å². The Morgan fingerprint density at radius 2 is 2.00 bits per heavy atom. The molecule has 3 nitrogen and oxygen atoms in total. The van der Waals surface area contributed by atoms with Crippen LogP contribution in [0.1, 0.15) is 29.5 Å². The number of rotatable bonds is 3. The van der Waals surface area contributed by atoms with Crippen LogP contribution >= 0.6 is 0 Å². The topological polar surface area (TPSA) is 47.5 Å². The van der Waals surface area contributed by atoms with Crippen LogP contribution in [-0.4, -0.2) is 19.0 Å². The van der Waals surface area contributed by atoms with E-state index in [4.69, 9.17) is 5.73 Å². The molecule has 1 aromatic carbocycles. The van der Waals surface area contributed by atoms with Gasteiger partial charge in [0, 0.05) is 24.3 Å². The minimum atomic E-state index is -0.124. The molecule has 2 rings (SSSR count). The van der Waals surface area contributed by atoms with Crippen molar-refractivity contribution in [3.63, 3.8) is 0 Å². The van der Waals surface area contributed by atoms with Gasteiger partial charge < -0.3 is 10.6 Å². The Morgan fingerprint density at radius 1 is 1.33 bits per heavy atom. The van der Waals surface area contributed by atoms with Crippen molar-refractivity contribution < 1.29 is 9.69 Å². The number of amides is 1. The van der Waals surface area contributed by atoms with E-state index in [1.807, 2.05) is 0 Å². The van der Waals surface area contributed by atoms with Crippen LogP contribution in [0, 0.1) is 19.8 Å². The Morgan fingerprint density at radius 3 is 2.61 bits per heavy atom. The van der Waals surface area contributed by atoms with Crippen molar-refractivity contribution in [2.75, 3.05) is 13.1 Å². The number of quaternary nitrogens is 1. The minimum Gasteiger partial charge on any atom is -0.369 e. The zero-order valence-electron chi connectivity index (χ0n) is 11.3. The number of likely N-dealkylation sites (tertiary alicyclic amines) is 1. The van der Waals surface area contributed by atoms with Gasteiger partial charge in [-0.2, -0.15) is 0 Å². The van der Waals surface area contributed by atoms with Gasteiger partial charge in [0.25, 0.3) is 0 Å². The second-order valence-corrected chi connectivity index (χ2v) is 5.53. The van der Waals surface area contributed by atoms with Crippen LogP contribution in [0.3, 0.4) is 0 Å². The van der Waals surface area contributed by atoms with Crippen LogP contribution in [0.5, 0.6) is 0 Å². The monoisotopic (exact) mass is 247 g/mol. The first-order valence-corrected chi connectivity index (χ1v) is 6.75. The number of carbonyl (C=O) groups excluding carboxylic acids is 1. The summed E-state index contributed by atoms with van der Waals surface area (Å²) in [6.45, 7) is 7.49. The number of carbonyl (C=O) groups is 1. The molecular weight excluding hydrogens is 224 g/mol. The summed E-state index contributed by atoms with van der Waals surface area (Å²) in [5, 5.41) is 0. The van der Waals surface area contributed by atoms with Gasteiger partial charge in [-0.05, 0) is 19.4 Å². The van der Waals surface area contributed by atoms with Crippen LogP contribution in [0.2, 0.25) is 0 Å². The molecule has 0 spiro atoms. The van der Waals surface area contributed by atoms with Gasteiger partial charge >= 0.3 is 0 Å². The molecule has 0 unspecified atom stereocenters. The molecule has 1 saturated heterocycles. The van der Waals surface area contributed by atoms with Crippen molar-refractivity contribution in [3.05, 3.63) is 34.9 Å². The van der Waals surface area contributed by atoms with Crippen molar-refractivity contribution in [1.29, 1.82) is 0 Å². The van der Waals surface area contributed by atoms with E-state index >= 15 is 0 Å². The largest absolute Gasteiger partial charge is 0.369 e. The zero-order chi connectivity index (χ0) is 13.1. The highest BCUT2D eigenvalue weighted by molar-refractivity contribution is 5.76. The van der Waals surface area contributed by atoms with E-state index in [0.29, 0.717) is 0 Å². The summed E-state index contributed by atoms with van der Waals surface area (Å²) in [5.74, 6) is -0.0202. The van der Waals surface area contributed by atoms with Crippen molar-refractivity contribution in [2.24, 2.45) is 11.7 Å². The van der Waals surface area contributed by atoms with E-state index < -0.39 is 0 Å². The summed E-state index contributed by atoms with van der Waals surface area (Å²) < 4.78 is 0. The first-order chi connectivity index (χ1) is 8.56. The summed E-state index contributed by atoms with van der Waals surface area (Å²) in [6.07, 6.45) is 1.88. The average molecular weight is 247 g/mol. The molecule has 1 aliphatic heterocycles. The van der Waals surface area contributed by atoms with E-state index in [9.17, 15) is 4.79 Å². The predicted octanol–water partition coefficient (Wildman–Crippen LogP) is 0.584. The molecule has 3 heteroatoms. The van der Waals surface area contributed by atoms with Crippen LogP contribution in [-0.2, 0) is 11.3 Å². The van der Waals surface area contributed by atoms with E-state index in [1.54, 1.807) is 4.90 Å². The van der Waals surface area contributed by atoms with Gasteiger partial charge in [-0.25, -0.2) is 0 Å². The van der Waals surface area contributed by atoms with Gasteiger partial charge in [-0.15, -0.1) is 0 Å². The molecule has 0 saturated carbocycles. The SMILES string of the molecule is Cc1ccc(C)c(C[NH+]2CCC(C(N)=O)CC2)c1. The van der Waals surface area contributed by atoms with E-state index in [0.717, 1.165) is 32.5 Å². The molecule has 3 N–H and O–H groups in total. The minimum absolute atomic E-state index is 0.104. The summed E-state index contributed by atoms with van der Waals surface area (Å²) in [6, 6.07) is 6.64. The maximum atomic E-state index is 11.1. The van der Waals surface area contributed by atoms with Crippen LogP contribution < -0.4 is 10.6 Å². The fourth-order valence-electron chi connectivity index (χ4n) is 2.75. The number of benzene rings is 1. The molecule has 98 valence electrons. The predicted molar refractivity (Wildman–Crippen MR) is 72.2 cm³/mol. The summed E-state index contributed by atoms with van der Waals surface area (Å²) in [5.41, 5.74) is 9.48. The Balaban J connectivity index is 1.95. The molecule has 1 heterocycles. The first-order valence-electron chi connectivity index (χ1n) is 6.75. The second kappa shape index (κ2) is 5.53. The number of aryl methyl sites for hydroxylation is 2. The number of piperidine rings is 1. The molecule has 1 aromatic rings. The molecular formula is C15H23N2O+. The van der Waals surface area contributed by atoms with Crippen molar-refractivity contribution in [2.45, 2.75) is 33.2 Å². The normalized spacial score (nSPS) is 23.9. The highest BCUT2D eigenvalue weighted by Crippen LogP contribution is 2.11. The van der Waals surface area contributed by atoms with E-state index in [-0.39, 0.29) is 11.8 Å². The molecule has 0 atom stereocenters. The lowest BCUT2D eigenvalue weighted by molar-refractivity contribution is -0.919. The van der Waals surface area contributed by atoms with Gasteiger partial charge in [0.05, 0.1) is 13.1 Å². The Labute approximate surface area is 109 Å². The lowest BCUT2D eigenvalue weighted by atomic mass is 9.95. The number of nitrogens with two attached hydrogens (primary N) is 1. The summed E-state index contributed by atoms with van der Waals surface area (Å²) in [7, 11) is 0. The third-order valence-corrected chi connectivity index (χ3v) is 4.04. The lowest BCUT2D eigenvalue weighted by Gasteiger charge is -2.28. The van der Waals surface area contributed by atoms with Gasteiger partial charge in [0.15, 0.2) is 0 Å². The molecule has 18 heavy (non-hydrogen) atoms. The van der Waals surface area contributed by atoms with Gasteiger partial charge in [0.1, 0.15) is 6.54 Å². The molecule has 0 bridgehead atoms. The average Bonchev–Trinajstić information content (AvgIpc) is 2.34. The van der Waals surface area contributed by atoms with Crippen LogP contribution in [0.4, 0.5) is 0 Å². The Hall–Kier alpha value is -1.35. The van der Waals surface area contributed by atoms with Gasteiger partial charge in [-0.1, -0.05) is 23.8 Å². The number of hydrogen-bond acceptors (Lipinski definition) is 1. The molecule has 0 aliphatic carbocycles. The Bertz CT molecular complexity index is 434. The van der Waals surface area contributed by atoms with Crippen LogP contribution in [0.25, 0.3) is 0 Å². The highest BCUT2D eigenvalue weighted by Gasteiger charge is 2.25. The third-order valence-electron chi connectivity index (χ3n) is 4.04. The van der Waals surface area contributed by atoms with Crippen LogP contribution in [0.15, 0.2) is 18.2 Å². The Kier molecular flexibility index (Phi) is 4.02. The molecule has 0 radical (unpaired) electrons.